The molecule has 0 radical (unpaired) electrons. The number of aromatic amines is 1. The fourth-order valence-corrected chi connectivity index (χ4v) is 2.80. The molecule has 2 nitrogen and oxygen atoms in total. The summed E-state index contributed by atoms with van der Waals surface area (Å²) in [6, 6.07) is 24.7. The Morgan fingerprint density at radius 1 is 0.810 bits per heavy atom. The maximum Gasteiger partial charge on any atom is 0.0992 e. The average molecular weight is 268 g/mol. The lowest BCUT2D eigenvalue weighted by Gasteiger charge is -2.04. The van der Waals surface area contributed by atoms with Crippen LogP contribution in [-0.2, 0) is 0 Å². The molecule has 4 aromatic rings. The van der Waals surface area contributed by atoms with E-state index >= 15 is 0 Å². The molecular weight excluding hydrogens is 256 g/mol. The van der Waals surface area contributed by atoms with Crippen LogP contribution in [0.25, 0.3) is 32.9 Å². The lowest BCUT2D eigenvalue weighted by Crippen LogP contribution is -1.80. The maximum atomic E-state index is 9.00. The summed E-state index contributed by atoms with van der Waals surface area (Å²) in [6.45, 7) is 0. The van der Waals surface area contributed by atoms with Crippen molar-refractivity contribution in [3.05, 3.63) is 72.3 Å². The Morgan fingerprint density at radius 2 is 1.67 bits per heavy atom. The standard InChI is InChI=1S/C19H12N2/c20-12-13-8-9-15-11-19(21-18(15)10-13)17-7-3-5-14-4-1-2-6-16(14)17/h1-11,21H. The van der Waals surface area contributed by atoms with Crippen molar-refractivity contribution in [3.8, 4) is 17.3 Å². The van der Waals surface area contributed by atoms with Crippen LogP contribution < -0.4 is 0 Å². The van der Waals surface area contributed by atoms with Crippen molar-refractivity contribution < 1.29 is 0 Å². The maximum absolute atomic E-state index is 9.00. The van der Waals surface area contributed by atoms with E-state index in [1.165, 1.54) is 16.3 Å². The smallest absolute Gasteiger partial charge is 0.0992 e. The molecule has 98 valence electrons. The zero-order chi connectivity index (χ0) is 14.2. The SMILES string of the molecule is N#Cc1ccc2cc(-c3cccc4ccccc34)[nH]c2c1. The average Bonchev–Trinajstić information content (AvgIpc) is 2.97. The van der Waals surface area contributed by atoms with Crippen molar-refractivity contribution in [2.24, 2.45) is 0 Å². The van der Waals surface area contributed by atoms with Gasteiger partial charge in [0.1, 0.15) is 0 Å². The predicted octanol–water partition coefficient (Wildman–Crippen LogP) is 4.86. The van der Waals surface area contributed by atoms with Gasteiger partial charge in [-0.05, 0) is 29.0 Å². The molecular formula is C19H12N2. The molecule has 0 spiro atoms. The van der Waals surface area contributed by atoms with Crippen molar-refractivity contribution in [2.45, 2.75) is 0 Å². The molecule has 0 saturated carbocycles. The van der Waals surface area contributed by atoms with Crippen LogP contribution in [0.4, 0.5) is 0 Å². The monoisotopic (exact) mass is 268 g/mol. The summed E-state index contributed by atoms with van der Waals surface area (Å²) >= 11 is 0. The van der Waals surface area contributed by atoms with Gasteiger partial charge in [0.05, 0.1) is 11.6 Å². The van der Waals surface area contributed by atoms with Gasteiger partial charge in [-0.3, -0.25) is 0 Å². The number of aromatic nitrogens is 1. The van der Waals surface area contributed by atoms with E-state index in [4.69, 9.17) is 5.26 Å². The molecule has 21 heavy (non-hydrogen) atoms. The number of nitrogens with one attached hydrogen (secondary N) is 1. The summed E-state index contributed by atoms with van der Waals surface area (Å²) in [5, 5.41) is 12.6. The minimum atomic E-state index is 0.675. The second-order valence-corrected chi connectivity index (χ2v) is 5.12. The van der Waals surface area contributed by atoms with Gasteiger partial charge in [0.2, 0.25) is 0 Å². The number of hydrogen-bond acceptors (Lipinski definition) is 1. The molecule has 2 heteroatoms. The van der Waals surface area contributed by atoms with E-state index in [2.05, 4.69) is 59.6 Å². The van der Waals surface area contributed by atoms with E-state index in [0.717, 1.165) is 16.6 Å². The van der Waals surface area contributed by atoms with E-state index in [-0.39, 0.29) is 0 Å². The summed E-state index contributed by atoms with van der Waals surface area (Å²) in [5.41, 5.74) is 3.94. The van der Waals surface area contributed by atoms with Gasteiger partial charge < -0.3 is 4.98 Å². The van der Waals surface area contributed by atoms with Gasteiger partial charge in [0, 0.05) is 22.2 Å². The third kappa shape index (κ3) is 1.87. The summed E-state index contributed by atoms with van der Waals surface area (Å²) in [4.78, 5) is 3.43. The quantitative estimate of drug-likeness (QED) is 0.526. The fraction of sp³-hybridized carbons (Fsp3) is 0. The summed E-state index contributed by atoms with van der Waals surface area (Å²) in [7, 11) is 0. The van der Waals surface area contributed by atoms with Crippen molar-refractivity contribution in [1.29, 1.82) is 5.26 Å². The number of H-pyrrole nitrogens is 1. The van der Waals surface area contributed by atoms with E-state index in [9.17, 15) is 0 Å². The van der Waals surface area contributed by atoms with Crippen LogP contribution >= 0.6 is 0 Å². The van der Waals surface area contributed by atoms with Crippen LogP contribution in [0, 0.1) is 11.3 Å². The highest BCUT2D eigenvalue weighted by atomic mass is 14.7. The van der Waals surface area contributed by atoms with Crippen molar-refractivity contribution >= 4 is 21.7 Å². The molecule has 0 atom stereocenters. The lowest BCUT2D eigenvalue weighted by atomic mass is 10.0. The van der Waals surface area contributed by atoms with Gasteiger partial charge in [-0.15, -0.1) is 0 Å². The highest BCUT2D eigenvalue weighted by Gasteiger charge is 2.07. The number of benzene rings is 3. The Kier molecular flexibility index (Phi) is 2.52. The zero-order valence-corrected chi connectivity index (χ0v) is 11.3. The molecule has 4 rings (SSSR count). The number of nitrogens with zero attached hydrogens (tertiary/aromatic N) is 1. The van der Waals surface area contributed by atoms with E-state index < -0.39 is 0 Å². The first-order chi connectivity index (χ1) is 10.3. The molecule has 0 unspecified atom stereocenters. The second kappa shape index (κ2) is 4.50. The Balaban J connectivity index is 1.98. The minimum absolute atomic E-state index is 0.675. The fourth-order valence-electron chi connectivity index (χ4n) is 2.80. The largest absolute Gasteiger partial charge is 0.354 e. The lowest BCUT2D eigenvalue weighted by molar-refractivity contribution is 1.45. The molecule has 0 bridgehead atoms. The number of nitriles is 1. The molecule has 1 heterocycles. The third-order valence-corrected chi connectivity index (χ3v) is 3.83. The van der Waals surface area contributed by atoms with Gasteiger partial charge in [-0.25, -0.2) is 0 Å². The summed E-state index contributed by atoms with van der Waals surface area (Å²) in [6.07, 6.45) is 0. The van der Waals surface area contributed by atoms with Crippen LogP contribution in [-0.4, -0.2) is 4.98 Å². The van der Waals surface area contributed by atoms with Gasteiger partial charge in [0.25, 0.3) is 0 Å². The van der Waals surface area contributed by atoms with E-state index in [0.29, 0.717) is 5.56 Å². The topological polar surface area (TPSA) is 39.6 Å². The Labute approximate surface area is 122 Å². The minimum Gasteiger partial charge on any atom is -0.354 e. The Morgan fingerprint density at radius 3 is 2.57 bits per heavy atom. The molecule has 0 amide bonds. The first-order valence-electron chi connectivity index (χ1n) is 6.86. The number of hydrogen-bond donors (Lipinski definition) is 1. The zero-order valence-electron chi connectivity index (χ0n) is 11.3. The van der Waals surface area contributed by atoms with Crippen LogP contribution in [0.5, 0.6) is 0 Å². The van der Waals surface area contributed by atoms with Gasteiger partial charge in [0.15, 0.2) is 0 Å². The van der Waals surface area contributed by atoms with Gasteiger partial charge >= 0.3 is 0 Å². The Bertz CT molecular complexity index is 998. The summed E-state index contributed by atoms with van der Waals surface area (Å²) in [5.74, 6) is 0. The number of rotatable bonds is 1. The first kappa shape index (κ1) is 11.7. The molecule has 3 aromatic carbocycles. The van der Waals surface area contributed by atoms with Gasteiger partial charge in [-0.1, -0.05) is 48.5 Å². The van der Waals surface area contributed by atoms with Crippen LogP contribution in [0.1, 0.15) is 5.56 Å². The normalized spacial score (nSPS) is 10.8. The highest BCUT2D eigenvalue weighted by Crippen LogP contribution is 2.30. The van der Waals surface area contributed by atoms with E-state index in [1.54, 1.807) is 0 Å². The van der Waals surface area contributed by atoms with Crippen molar-refractivity contribution in [2.75, 3.05) is 0 Å². The molecule has 0 saturated heterocycles. The molecule has 0 aliphatic heterocycles. The van der Waals surface area contributed by atoms with Crippen LogP contribution in [0.15, 0.2) is 66.7 Å². The molecule has 1 aromatic heterocycles. The molecule has 1 N–H and O–H groups in total. The number of fused-ring (bicyclic) bond motifs is 2. The van der Waals surface area contributed by atoms with Gasteiger partial charge in [-0.2, -0.15) is 5.26 Å². The predicted molar refractivity (Wildman–Crippen MR) is 86.0 cm³/mol. The second-order valence-electron chi connectivity index (χ2n) is 5.12. The first-order valence-corrected chi connectivity index (χ1v) is 6.86. The molecule has 0 fully saturated rings. The van der Waals surface area contributed by atoms with Crippen molar-refractivity contribution in [1.82, 2.24) is 4.98 Å². The third-order valence-electron chi connectivity index (χ3n) is 3.83. The molecule has 0 aliphatic rings. The summed E-state index contributed by atoms with van der Waals surface area (Å²) < 4.78 is 0. The van der Waals surface area contributed by atoms with E-state index in [1.807, 2.05) is 18.2 Å². The molecule has 0 aliphatic carbocycles. The van der Waals surface area contributed by atoms with Crippen LogP contribution in [0.3, 0.4) is 0 Å². The highest BCUT2D eigenvalue weighted by molar-refractivity contribution is 5.98. The van der Waals surface area contributed by atoms with Crippen molar-refractivity contribution in [3.63, 3.8) is 0 Å². The Hall–Kier alpha value is -3.05. The van der Waals surface area contributed by atoms with Crippen LogP contribution in [0.2, 0.25) is 0 Å².